The van der Waals surface area contributed by atoms with Crippen molar-refractivity contribution < 1.29 is 24.3 Å². The van der Waals surface area contributed by atoms with E-state index in [1.165, 1.54) is 55.2 Å². The molecule has 13 heteroatoms. The van der Waals surface area contributed by atoms with Crippen molar-refractivity contribution in [3.8, 4) is 12.3 Å². The molecule has 4 N–H and O–H groups in total. The quantitative estimate of drug-likeness (QED) is 0.0354. The predicted octanol–water partition coefficient (Wildman–Crippen LogP) is 5.77. The Morgan fingerprint density at radius 3 is 2.58 bits per heavy atom. The van der Waals surface area contributed by atoms with E-state index in [1.807, 2.05) is 0 Å². The molecular formula is C40H59N7O5S. The number of hydrogen-bond donors (Lipinski definition) is 4. The molecule has 290 valence electrons. The monoisotopic (exact) mass is 749 g/mol. The van der Waals surface area contributed by atoms with Crippen LogP contribution in [-0.4, -0.2) is 69.6 Å². The van der Waals surface area contributed by atoms with Gasteiger partial charge in [0.15, 0.2) is 0 Å². The van der Waals surface area contributed by atoms with Crippen molar-refractivity contribution in [3.63, 3.8) is 0 Å². The van der Waals surface area contributed by atoms with Crippen molar-refractivity contribution in [1.29, 1.82) is 0 Å². The van der Waals surface area contributed by atoms with E-state index in [-0.39, 0.29) is 42.5 Å². The number of fused-ring (bicyclic) bond motifs is 6. The molecule has 4 saturated carbocycles. The number of carbonyl (C=O) groups excluding carboxylic acids is 4. The fourth-order valence-corrected chi connectivity index (χ4v) is 13.2. The summed E-state index contributed by atoms with van der Waals surface area (Å²) in [5, 5.41) is 21.9. The number of thioether (sulfide) groups is 1. The average Bonchev–Trinajstić information content (AvgIpc) is 3.49. The summed E-state index contributed by atoms with van der Waals surface area (Å²) in [4.78, 5) is 56.9. The third-order valence-electron chi connectivity index (χ3n) is 14.6. The van der Waals surface area contributed by atoms with Crippen LogP contribution in [0.25, 0.3) is 10.4 Å². The van der Waals surface area contributed by atoms with Crippen LogP contribution in [0.1, 0.15) is 118 Å². The third-order valence-corrected chi connectivity index (χ3v) is 16.0. The smallest absolute Gasteiger partial charge is 0.269 e. The number of carbonyl (C=O) groups is 4. The number of unbranched alkanes of at least 4 members (excludes halogenated alkanes) is 1. The Morgan fingerprint density at radius 2 is 1.83 bits per heavy atom. The zero-order chi connectivity index (χ0) is 38.1. The molecule has 2 aliphatic heterocycles. The SMILES string of the molecule is C#CCCCC(=O)NC(CN=[N+]=[N-])NC(=O)C1=C(C)CSC2C(NC(=O)CC[C@@H](C)[C@H]3CC[C@H]4[C@@H]5CC[C@@H]6C[C@H](O)CC[C@]6(C)[C@H]5CC[C@]34C)C(=O)N12. The second kappa shape index (κ2) is 16.3. The predicted molar refractivity (Wildman–Crippen MR) is 204 cm³/mol. The van der Waals surface area contributed by atoms with Gasteiger partial charge >= 0.3 is 0 Å². The Hall–Kier alpha value is -3.20. The van der Waals surface area contributed by atoms with Gasteiger partial charge in [0.2, 0.25) is 11.8 Å². The first-order valence-electron chi connectivity index (χ1n) is 20.0. The topological polar surface area (TPSA) is 177 Å². The fraction of sp³-hybridized carbons (Fsp3) is 0.800. The molecule has 0 radical (unpaired) electrons. The zero-order valence-electron chi connectivity index (χ0n) is 31.9. The van der Waals surface area contributed by atoms with Crippen LogP contribution >= 0.6 is 11.8 Å². The first kappa shape index (κ1) is 39.5. The van der Waals surface area contributed by atoms with Crippen molar-refractivity contribution in [2.24, 2.45) is 51.5 Å². The van der Waals surface area contributed by atoms with E-state index in [1.54, 1.807) is 6.92 Å². The number of aliphatic hydroxyl groups is 1. The number of terminal acetylenes is 1. The number of β-lactam (4-membered cyclic amide) rings is 1. The van der Waals surface area contributed by atoms with E-state index in [0.717, 1.165) is 43.4 Å². The maximum Gasteiger partial charge on any atom is 0.269 e. The molecule has 0 aromatic heterocycles. The molecule has 0 spiro atoms. The number of nitrogens with one attached hydrogen (secondary N) is 3. The van der Waals surface area contributed by atoms with Crippen molar-refractivity contribution in [2.75, 3.05) is 12.3 Å². The maximum atomic E-state index is 13.5. The van der Waals surface area contributed by atoms with Crippen LogP contribution in [0.2, 0.25) is 0 Å². The molecule has 3 unspecified atom stereocenters. The highest BCUT2D eigenvalue weighted by atomic mass is 32.2. The third kappa shape index (κ3) is 7.70. The summed E-state index contributed by atoms with van der Waals surface area (Å²) in [5.74, 6) is 5.54. The first-order chi connectivity index (χ1) is 25.3. The number of rotatable bonds is 13. The van der Waals surface area contributed by atoms with Gasteiger partial charge in [-0.1, -0.05) is 25.9 Å². The van der Waals surface area contributed by atoms with E-state index >= 15 is 0 Å². The summed E-state index contributed by atoms with van der Waals surface area (Å²) in [6.45, 7) is 8.98. The molecular weight excluding hydrogens is 691 g/mol. The molecule has 0 aromatic carbocycles. The van der Waals surface area contributed by atoms with E-state index in [0.29, 0.717) is 59.2 Å². The molecule has 2 heterocycles. The van der Waals surface area contributed by atoms with Gasteiger partial charge in [-0.2, -0.15) is 0 Å². The molecule has 0 bridgehead atoms. The maximum absolute atomic E-state index is 13.5. The van der Waals surface area contributed by atoms with Crippen LogP contribution in [0.3, 0.4) is 0 Å². The number of hydrogen-bond acceptors (Lipinski definition) is 7. The van der Waals surface area contributed by atoms with Crippen LogP contribution in [0.15, 0.2) is 16.4 Å². The molecule has 4 amide bonds. The number of nitrogens with zero attached hydrogens (tertiary/aromatic N) is 4. The van der Waals surface area contributed by atoms with E-state index < -0.39 is 23.5 Å². The molecule has 0 aromatic rings. The lowest BCUT2D eigenvalue weighted by molar-refractivity contribution is -0.148. The Balaban J connectivity index is 1.01. The van der Waals surface area contributed by atoms with Crippen LogP contribution < -0.4 is 16.0 Å². The number of azide groups is 1. The zero-order valence-corrected chi connectivity index (χ0v) is 32.8. The van der Waals surface area contributed by atoms with Crippen LogP contribution in [-0.2, 0) is 19.2 Å². The molecule has 12 nitrogen and oxygen atoms in total. The summed E-state index contributed by atoms with van der Waals surface area (Å²) < 4.78 is 0. The molecule has 6 rings (SSSR count). The van der Waals surface area contributed by atoms with Gasteiger partial charge in [-0.15, -0.1) is 24.1 Å². The van der Waals surface area contributed by atoms with Gasteiger partial charge in [0.25, 0.3) is 11.8 Å². The second-order valence-electron chi connectivity index (χ2n) is 17.5. The summed E-state index contributed by atoms with van der Waals surface area (Å²) in [5.41, 5.74) is 10.4. The van der Waals surface area contributed by atoms with Crippen molar-refractivity contribution >= 4 is 35.4 Å². The van der Waals surface area contributed by atoms with Gasteiger partial charge in [0, 0.05) is 29.9 Å². The Labute approximate surface area is 318 Å². The van der Waals surface area contributed by atoms with Crippen molar-refractivity contribution in [3.05, 3.63) is 21.7 Å². The molecule has 4 aliphatic carbocycles. The van der Waals surface area contributed by atoms with Crippen LogP contribution in [0.4, 0.5) is 0 Å². The van der Waals surface area contributed by atoms with Crippen LogP contribution in [0.5, 0.6) is 0 Å². The second-order valence-corrected chi connectivity index (χ2v) is 18.6. The first-order valence-corrected chi connectivity index (χ1v) is 21.0. The minimum Gasteiger partial charge on any atom is -0.393 e. The molecule has 1 saturated heterocycles. The van der Waals surface area contributed by atoms with E-state index in [2.05, 4.69) is 52.7 Å². The Bertz CT molecular complexity index is 1570. The van der Waals surface area contributed by atoms with Gasteiger partial charge in [-0.3, -0.25) is 24.1 Å². The number of aliphatic hydroxyl groups excluding tert-OH is 1. The molecule has 53 heavy (non-hydrogen) atoms. The Kier molecular flexibility index (Phi) is 12.1. The van der Waals surface area contributed by atoms with Gasteiger partial charge in [-0.25, -0.2) is 0 Å². The van der Waals surface area contributed by atoms with Crippen molar-refractivity contribution in [2.45, 2.75) is 141 Å². The largest absolute Gasteiger partial charge is 0.393 e. The summed E-state index contributed by atoms with van der Waals surface area (Å²) in [6.07, 6.45) is 17.1. The van der Waals surface area contributed by atoms with Gasteiger partial charge < -0.3 is 21.1 Å². The van der Waals surface area contributed by atoms with E-state index in [4.69, 9.17) is 12.0 Å². The lowest BCUT2D eigenvalue weighted by atomic mass is 9.44. The normalized spacial score (nSPS) is 36.9. The lowest BCUT2D eigenvalue weighted by Gasteiger charge is -2.61. The highest BCUT2D eigenvalue weighted by Gasteiger charge is 2.60. The summed E-state index contributed by atoms with van der Waals surface area (Å²) >= 11 is 1.51. The van der Waals surface area contributed by atoms with Gasteiger partial charge in [0.05, 0.1) is 12.6 Å². The fourth-order valence-electron chi connectivity index (χ4n) is 11.9. The standard InChI is InChI=1S/C40H59N7O5S/c1-6-7-8-9-32(49)43-31(21-42-46-41)44-36(51)35-24(3)22-53-38-34(37(52)47(35)38)45-33(50)15-10-23(2)28-13-14-29-27-12-11-25-20-26(48)16-18-39(25,4)30(27)17-19-40(28,29)5/h1,23,25-31,34,38,48H,7-22H2,2-5H3,(H,43,49)(H,44,51)(H,45,50)/t23-,25-,26-,27+,28-,29+,30+,31?,34?,38?,39+,40-/m1/s1. The van der Waals surface area contributed by atoms with E-state index in [9.17, 15) is 24.3 Å². The average molecular weight is 750 g/mol. The van der Waals surface area contributed by atoms with Crippen LogP contribution in [0, 0.1) is 58.7 Å². The van der Waals surface area contributed by atoms with Gasteiger partial charge in [-0.05, 0) is 135 Å². The molecule has 12 atom stereocenters. The summed E-state index contributed by atoms with van der Waals surface area (Å²) in [6, 6.07) is -0.713. The molecule has 5 fully saturated rings. The highest BCUT2D eigenvalue weighted by molar-refractivity contribution is 8.00. The lowest BCUT2D eigenvalue weighted by Crippen LogP contribution is -2.71. The highest BCUT2D eigenvalue weighted by Crippen LogP contribution is 2.68. The van der Waals surface area contributed by atoms with Gasteiger partial charge in [0.1, 0.15) is 23.3 Å². The summed E-state index contributed by atoms with van der Waals surface area (Å²) in [7, 11) is 0. The van der Waals surface area contributed by atoms with Crippen molar-refractivity contribution in [1.82, 2.24) is 20.9 Å². The minimum absolute atomic E-state index is 0.118. The Morgan fingerprint density at radius 1 is 1.08 bits per heavy atom. The molecule has 6 aliphatic rings. The number of amides is 4. The minimum atomic E-state index is -0.962.